The van der Waals surface area contributed by atoms with Gasteiger partial charge in [-0.1, -0.05) is 31.9 Å². The fraction of sp³-hybridized carbons (Fsp3) is 0.857. The predicted octanol–water partition coefficient (Wildman–Crippen LogP) is 3.42. The molecule has 1 heterocycles. The Morgan fingerprint density at radius 3 is 2.94 bits per heavy atom. The Balaban J connectivity index is 2.30. The molecule has 0 saturated carbocycles. The van der Waals surface area contributed by atoms with Crippen LogP contribution in [0.5, 0.6) is 0 Å². The molecule has 0 aromatic rings. The SMILES string of the molecule is C=C(C[C@@H](CCCC)COC)C1CCOC1. The van der Waals surface area contributed by atoms with E-state index >= 15 is 0 Å². The first kappa shape index (κ1) is 13.7. The molecule has 1 aliphatic heterocycles. The highest BCUT2D eigenvalue weighted by atomic mass is 16.5. The van der Waals surface area contributed by atoms with E-state index in [-0.39, 0.29) is 0 Å². The maximum atomic E-state index is 5.41. The van der Waals surface area contributed by atoms with Gasteiger partial charge in [-0.05, 0) is 25.2 Å². The molecule has 2 atom stereocenters. The molecule has 0 aliphatic carbocycles. The van der Waals surface area contributed by atoms with Gasteiger partial charge in [0.25, 0.3) is 0 Å². The summed E-state index contributed by atoms with van der Waals surface area (Å²) in [5.41, 5.74) is 1.37. The standard InChI is InChI=1S/C14H26O2/c1-4-5-6-13(10-15-3)9-12(2)14-7-8-16-11-14/h13-14H,2,4-11H2,1,3H3/t13-,14?/m1/s1. The summed E-state index contributed by atoms with van der Waals surface area (Å²) in [5, 5.41) is 0. The number of hydrogen-bond acceptors (Lipinski definition) is 2. The van der Waals surface area contributed by atoms with E-state index < -0.39 is 0 Å². The van der Waals surface area contributed by atoms with Crippen molar-refractivity contribution < 1.29 is 9.47 Å². The molecule has 0 aromatic carbocycles. The molecule has 16 heavy (non-hydrogen) atoms. The average Bonchev–Trinajstić information content (AvgIpc) is 2.79. The third-order valence-electron chi connectivity index (χ3n) is 3.43. The van der Waals surface area contributed by atoms with Crippen LogP contribution in [0.2, 0.25) is 0 Å². The molecular weight excluding hydrogens is 200 g/mol. The molecule has 0 N–H and O–H groups in total. The molecule has 0 spiro atoms. The number of rotatable bonds is 8. The molecule has 0 aromatic heterocycles. The Bertz CT molecular complexity index is 195. The molecule has 94 valence electrons. The van der Waals surface area contributed by atoms with Crippen molar-refractivity contribution in [2.24, 2.45) is 11.8 Å². The van der Waals surface area contributed by atoms with Crippen LogP contribution in [0.4, 0.5) is 0 Å². The monoisotopic (exact) mass is 226 g/mol. The molecule has 0 radical (unpaired) electrons. The minimum absolute atomic E-state index is 0.598. The van der Waals surface area contributed by atoms with Crippen LogP contribution in [-0.4, -0.2) is 26.9 Å². The first-order chi connectivity index (χ1) is 7.77. The van der Waals surface area contributed by atoms with Gasteiger partial charge in [-0.3, -0.25) is 0 Å². The van der Waals surface area contributed by atoms with Gasteiger partial charge >= 0.3 is 0 Å². The summed E-state index contributed by atoms with van der Waals surface area (Å²) in [7, 11) is 1.79. The summed E-state index contributed by atoms with van der Waals surface area (Å²) in [5.74, 6) is 1.25. The molecule has 1 fully saturated rings. The van der Waals surface area contributed by atoms with Crippen LogP contribution in [-0.2, 0) is 9.47 Å². The zero-order valence-corrected chi connectivity index (χ0v) is 10.8. The fourth-order valence-electron chi connectivity index (χ4n) is 2.37. The van der Waals surface area contributed by atoms with Gasteiger partial charge in [0.1, 0.15) is 0 Å². The van der Waals surface area contributed by atoms with Crippen molar-refractivity contribution in [2.45, 2.75) is 39.0 Å². The second kappa shape index (κ2) is 7.86. The van der Waals surface area contributed by atoms with E-state index in [9.17, 15) is 0 Å². The second-order valence-electron chi connectivity index (χ2n) is 4.89. The summed E-state index contributed by atoms with van der Waals surface area (Å²) >= 11 is 0. The van der Waals surface area contributed by atoms with E-state index in [0.717, 1.165) is 32.7 Å². The van der Waals surface area contributed by atoms with Crippen molar-refractivity contribution >= 4 is 0 Å². The van der Waals surface area contributed by atoms with Crippen molar-refractivity contribution in [3.8, 4) is 0 Å². The second-order valence-corrected chi connectivity index (χ2v) is 4.89. The van der Waals surface area contributed by atoms with Crippen LogP contribution in [0.3, 0.4) is 0 Å². The van der Waals surface area contributed by atoms with Crippen LogP contribution in [0, 0.1) is 11.8 Å². The lowest BCUT2D eigenvalue weighted by atomic mass is 9.88. The summed E-state index contributed by atoms with van der Waals surface area (Å²) < 4.78 is 10.7. The van der Waals surface area contributed by atoms with Gasteiger partial charge in [0.05, 0.1) is 6.61 Å². The maximum Gasteiger partial charge on any atom is 0.0532 e. The zero-order chi connectivity index (χ0) is 11.8. The van der Waals surface area contributed by atoms with Gasteiger partial charge in [-0.15, -0.1) is 0 Å². The van der Waals surface area contributed by atoms with Crippen molar-refractivity contribution in [1.82, 2.24) is 0 Å². The highest BCUT2D eigenvalue weighted by Crippen LogP contribution is 2.27. The van der Waals surface area contributed by atoms with Crippen molar-refractivity contribution in [3.05, 3.63) is 12.2 Å². The zero-order valence-electron chi connectivity index (χ0n) is 10.8. The quantitative estimate of drug-likeness (QED) is 0.590. The number of ether oxygens (including phenoxy) is 2. The van der Waals surface area contributed by atoms with Crippen LogP contribution in [0.15, 0.2) is 12.2 Å². The van der Waals surface area contributed by atoms with Crippen LogP contribution in [0.25, 0.3) is 0 Å². The summed E-state index contributed by atoms with van der Waals surface area (Å²) in [4.78, 5) is 0. The third-order valence-corrected chi connectivity index (χ3v) is 3.43. The molecule has 2 nitrogen and oxygen atoms in total. The minimum atomic E-state index is 0.598. The Labute approximate surface area is 100 Å². The van der Waals surface area contributed by atoms with Crippen molar-refractivity contribution in [3.63, 3.8) is 0 Å². The number of unbranched alkanes of at least 4 members (excludes halogenated alkanes) is 1. The van der Waals surface area contributed by atoms with Gasteiger partial charge in [-0.2, -0.15) is 0 Å². The maximum absolute atomic E-state index is 5.41. The number of methoxy groups -OCH3 is 1. The lowest BCUT2D eigenvalue weighted by Crippen LogP contribution is -2.13. The average molecular weight is 226 g/mol. The highest BCUT2D eigenvalue weighted by Gasteiger charge is 2.21. The van der Waals surface area contributed by atoms with Crippen LogP contribution >= 0.6 is 0 Å². The highest BCUT2D eigenvalue weighted by molar-refractivity contribution is 5.03. The Morgan fingerprint density at radius 2 is 2.38 bits per heavy atom. The fourth-order valence-corrected chi connectivity index (χ4v) is 2.37. The van der Waals surface area contributed by atoms with E-state index in [1.54, 1.807) is 7.11 Å². The molecule has 1 saturated heterocycles. The first-order valence-electron chi connectivity index (χ1n) is 6.52. The summed E-state index contributed by atoms with van der Waals surface area (Å²) in [6.07, 6.45) is 6.09. The van der Waals surface area contributed by atoms with Crippen molar-refractivity contribution in [1.29, 1.82) is 0 Å². The first-order valence-corrected chi connectivity index (χ1v) is 6.52. The smallest absolute Gasteiger partial charge is 0.0532 e. The Hall–Kier alpha value is -0.340. The lowest BCUT2D eigenvalue weighted by Gasteiger charge is -2.19. The van der Waals surface area contributed by atoms with Crippen LogP contribution < -0.4 is 0 Å². The van der Waals surface area contributed by atoms with Gasteiger partial charge in [0.2, 0.25) is 0 Å². The van der Waals surface area contributed by atoms with Crippen LogP contribution in [0.1, 0.15) is 39.0 Å². The van der Waals surface area contributed by atoms with Gasteiger partial charge < -0.3 is 9.47 Å². The van der Waals surface area contributed by atoms with E-state index in [1.807, 2.05) is 0 Å². The Kier molecular flexibility index (Phi) is 6.74. The number of hydrogen-bond donors (Lipinski definition) is 0. The third kappa shape index (κ3) is 4.67. The van der Waals surface area contributed by atoms with Gasteiger partial charge in [0, 0.05) is 26.2 Å². The lowest BCUT2D eigenvalue weighted by molar-refractivity contribution is 0.144. The molecule has 0 bridgehead atoms. The van der Waals surface area contributed by atoms with Crippen molar-refractivity contribution in [2.75, 3.05) is 26.9 Å². The van der Waals surface area contributed by atoms with E-state index in [1.165, 1.54) is 24.8 Å². The summed E-state index contributed by atoms with van der Waals surface area (Å²) in [6.45, 7) is 9.13. The minimum Gasteiger partial charge on any atom is -0.384 e. The summed E-state index contributed by atoms with van der Waals surface area (Å²) in [6, 6.07) is 0. The van der Waals surface area contributed by atoms with Gasteiger partial charge in [-0.25, -0.2) is 0 Å². The molecule has 1 aliphatic rings. The largest absolute Gasteiger partial charge is 0.384 e. The van der Waals surface area contributed by atoms with E-state index in [4.69, 9.17) is 9.47 Å². The Morgan fingerprint density at radius 1 is 1.56 bits per heavy atom. The normalized spacial score (nSPS) is 22.2. The predicted molar refractivity (Wildman–Crippen MR) is 67.6 cm³/mol. The molecule has 1 unspecified atom stereocenters. The molecule has 0 amide bonds. The van der Waals surface area contributed by atoms with E-state index in [2.05, 4.69) is 13.5 Å². The van der Waals surface area contributed by atoms with Gasteiger partial charge in [0.15, 0.2) is 0 Å². The van der Waals surface area contributed by atoms with E-state index in [0.29, 0.717) is 11.8 Å². The molecule has 2 heteroatoms. The molecular formula is C14H26O2. The molecule has 1 rings (SSSR count). The topological polar surface area (TPSA) is 18.5 Å².